The fraction of sp³-hybridized carbons (Fsp3) is 0.348. The van der Waals surface area contributed by atoms with Crippen LogP contribution < -0.4 is 10.1 Å². The van der Waals surface area contributed by atoms with Gasteiger partial charge in [-0.25, -0.2) is 0 Å². The number of para-hydroxylation sites is 1. The van der Waals surface area contributed by atoms with Gasteiger partial charge in [-0.3, -0.25) is 4.79 Å². The van der Waals surface area contributed by atoms with Crippen LogP contribution in [0.1, 0.15) is 43.8 Å². The third-order valence-corrected chi connectivity index (χ3v) is 5.59. The van der Waals surface area contributed by atoms with Gasteiger partial charge in [0.1, 0.15) is 5.75 Å². The molecule has 0 saturated heterocycles. The Morgan fingerprint density at radius 3 is 2.58 bits per heavy atom. The minimum atomic E-state index is -0.101. The number of halogens is 1. The Labute approximate surface area is 191 Å². The SMILES string of the molecule is CC(C)Cc1ccc(C(C)NC(=O)CSc2nnc(COc3ccccc3Cl)o2)cc1. The van der Waals surface area contributed by atoms with E-state index in [4.69, 9.17) is 20.8 Å². The van der Waals surface area contributed by atoms with E-state index in [0.717, 1.165) is 12.0 Å². The van der Waals surface area contributed by atoms with Crippen LogP contribution in [0, 0.1) is 5.92 Å². The van der Waals surface area contributed by atoms with Crippen molar-refractivity contribution in [3.63, 3.8) is 0 Å². The van der Waals surface area contributed by atoms with Crippen LogP contribution >= 0.6 is 23.4 Å². The second kappa shape index (κ2) is 11.2. The summed E-state index contributed by atoms with van der Waals surface area (Å²) < 4.78 is 11.1. The largest absolute Gasteiger partial charge is 0.482 e. The summed E-state index contributed by atoms with van der Waals surface area (Å²) in [6.45, 7) is 6.48. The summed E-state index contributed by atoms with van der Waals surface area (Å²) in [5, 5.41) is 11.7. The number of nitrogens with one attached hydrogen (secondary N) is 1. The number of carbonyl (C=O) groups is 1. The van der Waals surface area contributed by atoms with Gasteiger partial charge in [0.15, 0.2) is 6.61 Å². The molecule has 1 unspecified atom stereocenters. The highest BCUT2D eigenvalue weighted by Crippen LogP contribution is 2.24. The van der Waals surface area contributed by atoms with Gasteiger partial charge >= 0.3 is 0 Å². The molecular weight excluding hydrogens is 434 g/mol. The number of amides is 1. The summed E-state index contributed by atoms with van der Waals surface area (Å²) >= 11 is 7.24. The summed E-state index contributed by atoms with van der Waals surface area (Å²) in [5.41, 5.74) is 2.38. The van der Waals surface area contributed by atoms with Crippen LogP contribution in [0.5, 0.6) is 5.75 Å². The van der Waals surface area contributed by atoms with Gasteiger partial charge in [0.2, 0.25) is 5.91 Å². The third kappa shape index (κ3) is 7.29. The number of benzene rings is 2. The first-order chi connectivity index (χ1) is 14.9. The Kier molecular flexibility index (Phi) is 8.37. The van der Waals surface area contributed by atoms with E-state index in [0.29, 0.717) is 27.8 Å². The molecule has 0 saturated carbocycles. The zero-order valence-electron chi connectivity index (χ0n) is 17.8. The van der Waals surface area contributed by atoms with Crippen molar-refractivity contribution in [2.45, 2.75) is 45.1 Å². The lowest BCUT2D eigenvalue weighted by Gasteiger charge is -2.15. The molecule has 164 valence electrons. The minimum Gasteiger partial charge on any atom is -0.482 e. The molecule has 1 aromatic heterocycles. The van der Waals surface area contributed by atoms with Crippen molar-refractivity contribution >= 4 is 29.3 Å². The van der Waals surface area contributed by atoms with Gasteiger partial charge in [0, 0.05) is 0 Å². The molecule has 0 aliphatic carbocycles. The van der Waals surface area contributed by atoms with E-state index in [9.17, 15) is 4.79 Å². The number of carbonyl (C=O) groups excluding carboxylic acids is 1. The summed E-state index contributed by atoms with van der Waals surface area (Å²) in [6, 6.07) is 15.5. The van der Waals surface area contributed by atoms with Crippen molar-refractivity contribution in [2.24, 2.45) is 5.92 Å². The molecule has 8 heteroatoms. The van der Waals surface area contributed by atoms with Crippen molar-refractivity contribution in [1.29, 1.82) is 0 Å². The highest BCUT2D eigenvalue weighted by molar-refractivity contribution is 7.99. The second-order valence-electron chi connectivity index (χ2n) is 7.60. The van der Waals surface area contributed by atoms with Crippen molar-refractivity contribution in [2.75, 3.05) is 5.75 Å². The van der Waals surface area contributed by atoms with Crippen molar-refractivity contribution in [3.8, 4) is 5.75 Å². The van der Waals surface area contributed by atoms with Crippen LogP contribution in [-0.4, -0.2) is 21.9 Å². The highest BCUT2D eigenvalue weighted by Gasteiger charge is 2.13. The average molecular weight is 460 g/mol. The molecule has 3 aromatic rings. The number of thioether (sulfide) groups is 1. The number of nitrogens with zero attached hydrogens (tertiary/aromatic N) is 2. The molecule has 31 heavy (non-hydrogen) atoms. The predicted octanol–water partition coefficient (Wildman–Crippen LogP) is 5.47. The smallest absolute Gasteiger partial charge is 0.277 e. The maximum Gasteiger partial charge on any atom is 0.277 e. The molecule has 0 bridgehead atoms. The van der Waals surface area contributed by atoms with Gasteiger partial charge in [0.05, 0.1) is 16.8 Å². The minimum absolute atomic E-state index is 0.0801. The molecular formula is C23H26ClN3O3S. The summed E-state index contributed by atoms with van der Waals surface area (Å²) in [5.74, 6) is 1.56. The van der Waals surface area contributed by atoms with Gasteiger partial charge in [-0.2, -0.15) is 0 Å². The van der Waals surface area contributed by atoms with E-state index in [-0.39, 0.29) is 24.3 Å². The topological polar surface area (TPSA) is 77.2 Å². The molecule has 1 heterocycles. The molecule has 1 N–H and O–H groups in total. The maximum absolute atomic E-state index is 12.3. The predicted molar refractivity (Wildman–Crippen MR) is 122 cm³/mol. The van der Waals surface area contributed by atoms with Crippen molar-refractivity contribution in [1.82, 2.24) is 15.5 Å². The fourth-order valence-corrected chi connectivity index (χ4v) is 3.75. The third-order valence-electron chi connectivity index (χ3n) is 4.46. The van der Waals surface area contributed by atoms with Gasteiger partial charge < -0.3 is 14.5 Å². The summed E-state index contributed by atoms with van der Waals surface area (Å²) in [7, 11) is 0. The molecule has 3 rings (SSSR count). The van der Waals surface area contributed by atoms with Crippen LogP contribution in [0.15, 0.2) is 58.2 Å². The number of hydrogen-bond acceptors (Lipinski definition) is 6. The first kappa shape index (κ1) is 23.2. The van der Waals surface area contributed by atoms with Crippen LogP contribution in [0.4, 0.5) is 0 Å². The molecule has 0 aliphatic heterocycles. The number of hydrogen-bond donors (Lipinski definition) is 1. The van der Waals surface area contributed by atoms with E-state index in [1.54, 1.807) is 12.1 Å². The first-order valence-corrected chi connectivity index (χ1v) is 11.5. The summed E-state index contributed by atoms with van der Waals surface area (Å²) in [4.78, 5) is 12.3. The summed E-state index contributed by atoms with van der Waals surface area (Å²) in [6.07, 6.45) is 1.05. The van der Waals surface area contributed by atoms with Gasteiger partial charge in [0.25, 0.3) is 11.1 Å². The van der Waals surface area contributed by atoms with Crippen LogP contribution in [0.3, 0.4) is 0 Å². The molecule has 0 radical (unpaired) electrons. The van der Waals surface area contributed by atoms with Crippen molar-refractivity contribution in [3.05, 3.63) is 70.6 Å². The molecule has 1 atom stereocenters. The number of rotatable bonds is 10. The van der Waals surface area contributed by atoms with E-state index in [1.165, 1.54) is 17.3 Å². The lowest BCUT2D eigenvalue weighted by molar-refractivity contribution is -0.119. The highest BCUT2D eigenvalue weighted by atomic mass is 35.5. The zero-order valence-corrected chi connectivity index (χ0v) is 19.4. The first-order valence-electron chi connectivity index (χ1n) is 10.1. The molecule has 0 fully saturated rings. The number of aromatic nitrogens is 2. The normalized spacial score (nSPS) is 12.0. The van der Waals surface area contributed by atoms with E-state index in [1.807, 2.05) is 19.1 Å². The van der Waals surface area contributed by atoms with Gasteiger partial charge in [-0.05, 0) is 42.5 Å². The Bertz CT molecular complexity index is 992. The van der Waals surface area contributed by atoms with E-state index < -0.39 is 0 Å². The monoisotopic (exact) mass is 459 g/mol. The van der Waals surface area contributed by atoms with E-state index in [2.05, 4.69) is 53.6 Å². The zero-order chi connectivity index (χ0) is 22.2. The van der Waals surface area contributed by atoms with Crippen LogP contribution in [0.2, 0.25) is 5.02 Å². The van der Waals surface area contributed by atoms with Gasteiger partial charge in [-0.15, -0.1) is 10.2 Å². The van der Waals surface area contributed by atoms with E-state index >= 15 is 0 Å². The maximum atomic E-state index is 12.3. The fourth-order valence-electron chi connectivity index (χ4n) is 2.96. The molecule has 2 aromatic carbocycles. The van der Waals surface area contributed by atoms with Crippen LogP contribution in [-0.2, 0) is 17.8 Å². The average Bonchev–Trinajstić information content (AvgIpc) is 3.19. The molecule has 1 amide bonds. The molecule has 6 nitrogen and oxygen atoms in total. The Balaban J connectivity index is 1.43. The van der Waals surface area contributed by atoms with Gasteiger partial charge in [-0.1, -0.05) is 73.6 Å². The molecule has 0 spiro atoms. The molecule has 0 aliphatic rings. The second-order valence-corrected chi connectivity index (χ2v) is 8.93. The van der Waals surface area contributed by atoms with Crippen molar-refractivity contribution < 1.29 is 13.9 Å². The quantitative estimate of drug-likeness (QED) is 0.405. The van der Waals surface area contributed by atoms with Crippen LogP contribution in [0.25, 0.3) is 0 Å². The number of ether oxygens (including phenoxy) is 1. The Morgan fingerprint density at radius 1 is 1.13 bits per heavy atom. The Morgan fingerprint density at radius 2 is 1.87 bits per heavy atom. The lowest BCUT2D eigenvalue weighted by atomic mass is 10.00. The Hall–Kier alpha value is -2.51. The lowest BCUT2D eigenvalue weighted by Crippen LogP contribution is -2.28. The standard InChI is InChI=1S/C23H26ClN3O3S/c1-15(2)12-17-8-10-18(11-9-17)16(3)25-21(28)14-31-23-27-26-22(30-23)13-29-20-7-5-4-6-19(20)24/h4-11,15-16H,12-14H2,1-3H3,(H,25,28).